The molecule has 0 fully saturated rings. The lowest BCUT2D eigenvalue weighted by Gasteiger charge is -2.11. The predicted octanol–water partition coefficient (Wildman–Crippen LogP) is 3.24. The van der Waals surface area contributed by atoms with E-state index in [9.17, 15) is 14.4 Å². The molecule has 2 aromatic rings. The smallest absolute Gasteiger partial charge is 0.281 e. The topological polar surface area (TPSA) is 129 Å². The molecule has 9 nitrogen and oxygen atoms in total. The fraction of sp³-hybridized carbons (Fsp3) is 0.200. The number of hydrogen-bond acceptors (Lipinski definition) is 7. The molecule has 0 aliphatic heterocycles. The second kappa shape index (κ2) is 11.1. The monoisotopic (exact) mass is 496 g/mol. The van der Waals surface area contributed by atoms with E-state index in [1.54, 1.807) is 33.2 Å². The van der Waals surface area contributed by atoms with Crippen molar-refractivity contribution in [3.63, 3.8) is 0 Å². The quantitative estimate of drug-likeness (QED) is 0.265. The van der Waals surface area contributed by atoms with Gasteiger partial charge in [0.25, 0.3) is 17.7 Å². The number of hydrazone groups is 1. The lowest BCUT2D eigenvalue weighted by Crippen LogP contribution is -2.35. The number of hydrogen-bond donors (Lipinski definition) is 4. The standard InChI is InChI=1S/C20H22Cl2N6O3S/c1-10(23)17(20(31)24-12-5-6-13(21)14(22)9-12)11(2)25-26-18(29)15-7-8-16(32-15)19(30)27-28(3)4/h5-9H,23H2,1-4H3,(H,24,31)(H,26,29)(H,27,30). The summed E-state index contributed by atoms with van der Waals surface area (Å²) in [6.07, 6.45) is 0. The molecular weight excluding hydrogens is 475 g/mol. The Balaban J connectivity index is 2.11. The Kier molecular flexibility index (Phi) is 8.79. The average Bonchev–Trinajstić information content (AvgIpc) is 3.19. The molecule has 1 aromatic carbocycles. The van der Waals surface area contributed by atoms with E-state index < -0.39 is 11.8 Å². The summed E-state index contributed by atoms with van der Waals surface area (Å²) in [5.74, 6) is -1.39. The van der Waals surface area contributed by atoms with E-state index in [0.29, 0.717) is 15.6 Å². The van der Waals surface area contributed by atoms with Gasteiger partial charge in [-0.3, -0.25) is 19.8 Å². The van der Waals surface area contributed by atoms with Crippen LogP contribution in [0.1, 0.15) is 33.2 Å². The molecule has 2 rings (SSSR count). The lowest BCUT2D eigenvalue weighted by molar-refractivity contribution is -0.112. The van der Waals surface area contributed by atoms with Crippen molar-refractivity contribution in [1.82, 2.24) is 15.9 Å². The molecule has 0 unspecified atom stereocenters. The highest BCUT2D eigenvalue weighted by Gasteiger charge is 2.18. The van der Waals surface area contributed by atoms with Gasteiger partial charge in [-0.05, 0) is 44.2 Å². The maximum absolute atomic E-state index is 12.7. The number of carbonyl (C=O) groups excluding carboxylic acids is 3. The van der Waals surface area contributed by atoms with E-state index >= 15 is 0 Å². The van der Waals surface area contributed by atoms with Gasteiger partial charge in [0.15, 0.2) is 0 Å². The van der Waals surface area contributed by atoms with Gasteiger partial charge >= 0.3 is 0 Å². The number of nitrogens with one attached hydrogen (secondary N) is 3. The minimum atomic E-state index is -0.530. The zero-order valence-corrected chi connectivity index (χ0v) is 20.1. The van der Waals surface area contributed by atoms with Crippen molar-refractivity contribution in [2.45, 2.75) is 13.8 Å². The Bertz CT molecular complexity index is 1110. The van der Waals surface area contributed by atoms with E-state index in [0.717, 1.165) is 11.3 Å². The highest BCUT2D eigenvalue weighted by molar-refractivity contribution is 7.15. The Morgan fingerprint density at radius 1 is 1.00 bits per heavy atom. The zero-order chi connectivity index (χ0) is 24.0. The van der Waals surface area contributed by atoms with E-state index in [2.05, 4.69) is 21.3 Å². The highest BCUT2D eigenvalue weighted by Crippen LogP contribution is 2.25. The number of nitrogens with zero attached hydrogens (tertiary/aromatic N) is 2. The molecule has 1 aromatic heterocycles. The summed E-state index contributed by atoms with van der Waals surface area (Å²) in [6, 6.07) is 7.69. The van der Waals surface area contributed by atoms with Crippen LogP contribution in [0.25, 0.3) is 0 Å². The summed E-state index contributed by atoms with van der Waals surface area (Å²) >= 11 is 12.9. The van der Waals surface area contributed by atoms with Crippen molar-refractivity contribution >= 4 is 63.7 Å². The summed E-state index contributed by atoms with van der Waals surface area (Å²) in [7, 11) is 3.36. The number of hydrazine groups is 1. The molecule has 0 aliphatic carbocycles. The SMILES string of the molecule is CC(=NNC(=O)c1ccc(C(=O)NN(C)C)s1)C(C(=O)Nc1ccc(Cl)c(Cl)c1)=C(C)N. The van der Waals surface area contributed by atoms with Crippen molar-refractivity contribution in [1.29, 1.82) is 0 Å². The molecule has 0 aliphatic rings. The lowest BCUT2D eigenvalue weighted by atomic mass is 10.1. The number of amides is 3. The summed E-state index contributed by atoms with van der Waals surface area (Å²) < 4.78 is 0. The van der Waals surface area contributed by atoms with Crippen molar-refractivity contribution in [3.8, 4) is 0 Å². The van der Waals surface area contributed by atoms with Crippen molar-refractivity contribution < 1.29 is 14.4 Å². The maximum Gasteiger partial charge on any atom is 0.281 e. The van der Waals surface area contributed by atoms with E-state index in [1.807, 2.05) is 0 Å². The first-order valence-electron chi connectivity index (χ1n) is 9.15. The molecule has 0 saturated carbocycles. The molecular formula is C20H22Cl2N6O3S. The van der Waals surface area contributed by atoms with Gasteiger partial charge in [0.2, 0.25) is 0 Å². The van der Waals surface area contributed by atoms with Gasteiger partial charge in [-0.1, -0.05) is 23.2 Å². The van der Waals surface area contributed by atoms with Gasteiger partial charge in [0, 0.05) is 25.5 Å². The van der Waals surface area contributed by atoms with Crippen LogP contribution in [0.15, 0.2) is 46.7 Å². The van der Waals surface area contributed by atoms with Gasteiger partial charge in [0.05, 0.1) is 31.1 Å². The molecule has 0 saturated heterocycles. The number of benzene rings is 1. The molecule has 12 heteroatoms. The minimum absolute atomic E-state index is 0.0913. The fourth-order valence-electron chi connectivity index (χ4n) is 2.48. The first-order chi connectivity index (χ1) is 15.0. The van der Waals surface area contributed by atoms with Crippen molar-refractivity contribution in [2.75, 3.05) is 19.4 Å². The number of nitrogens with two attached hydrogens (primary N) is 1. The number of anilines is 1. The summed E-state index contributed by atoms with van der Waals surface area (Å²) in [6.45, 7) is 3.07. The molecule has 0 radical (unpaired) electrons. The number of carbonyl (C=O) groups is 3. The number of halogens is 2. The van der Waals surface area contributed by atoms with Crippen molar-refractivity contribution in [2.24, 2.45) is 10.8 Å². The third-order valence-corrected chi connectivity index (χ3v) is 5.69. The van der Waals surface area contributed by atoms with Crippen LogP contribution in [0.5, 0.6) is 0 Å². The molecule has 5 N–H and O–H groups in total. The predicted molar refractivity (Wildman–Crippen MR) is 128 cm³/mol. The van der Waals surface area contributed by atoms with E-state index in [-0.39, 0.29) is 32.8 Å². The molecule has 0 atom stereocenters. The molecule has 0 bridgehead atoms. The van der Waals surface area contributed by atoms with Gasteiger partial charge in [-0.2, -0.15) is 5.10 Å². The maximum atomic E-state index is 12.7. The Morgan fingerprint density at radius 2 is 1.62 bits per heavy atom. The fourth-order valence-corrected chi connectivity index (χ4v) is 3.57. The first-order valence-corrected chi connectivity index (χ1v) is 10.7. The third kappa shape index (κ3) is 6.79. The van der Waals surface area contributed by atoms with Gasteiger partial charge in [-0.25, -0.2) is 10.4 Å². The highest BCUT2D eigenvalue weighted by atomic mass is 35.5. The average molecular weight is 497 g/mol. The third-order valence-electron chi connectivity index (χ3n) is 3.86. The molecule has 3 amide bonds. The Labute approximate surface area is 199 Å². The zero-order valence-electron chi connectivity index (χ0n) is 17.7. The molecule has 0 spiro atoms. The van der Waals surface area contributed by atoms with E-state index in [1.165, 1.54) is 30.1 Å². The normalized spacial score (nSPS) is 12.3. The molecule has 1 heterocycles. The number of allylic oxidation sites excluding steroid dienone is 1. The summed E-state index contributed by atoms with van der Waals surface area (Å²) in [5.41, 5.74) is 11.7. The Morgan fingerprint density at radius 3 is 2.19 bits per heavy atom. The summed E-state index contributed by atoms with van der Waals surface area (Å²) in [5, 5.41) is 8.79. The van der Waals surface area contributed by atoms with Gasteiger partial charge in [0.1, 0.15) is 0 Å². The molecule has 170 valence electrons. The second-order valence-corrected chi connectivity index (χ2v) is 8.68. The van der Waals surface area contributed by atoms with Crippen LogP contribution >= 0.6 is 34.5 Å². The second-order valence-electron chi connectivity index (χ2n) is 6.78. The van der Waals surface area contributed by atoms with Crippen LogP contribution in [0.2, 0.25) is 10.0 Å². The Hall–Kier alpha value is -2.92. The largest absolute Gasteiger partial charge is 0.402 e. The minimum Gasteiger partial charge on any atom is -0.402 e. The molecule has 32 heavy (non-hydrogen) atoms. The van der Waals surface area contributed by atoms with Crippen molar-refractivity contribution in [3.05, 3.63) is 61.4 Å². The van der Waals surface area contributed by atoms with Crippen LogP contribution in [0, 0.1) is 0 Å². The van der Waals surface area contributed by atoms with Crippen LogP contribution in [0.4, 0.5) is 5.69 Å². The van der Waals surface area contributed by atoms with Gasteiger partial charge < -0.3 is 11.1 Å². The number of rotatable bonds is 7. The van der Waals surface area contributed by atoms with E-state index in [4.69, 9.17) is 28.9 Å². The van der Waals surface area contributed by atoms with Crippen LogP contribution in [0.3, 0.4) is 0 Å². The first kappa shape index (κ1) is 25.3. The van der Waals surface area contributed by atoms with Crippen LogP contribution < -0.4 is 21.9 Å². The van der Waals surface area contributed by atoms with Gasteiger partial charge in [-0.15, -0.1) is 11.3 Å². The van der Waals surface area contributed by atoms with Crippen LogP contribution in [-0.2, 0) is 4.79 Å². The summed E-state index contributed by atoms with van der Waals surface area (Å²) in [4.78, 5) is 37.8. The number of thiophene rings is 1. The van der Waals surface area contributed by atoms with Crippen LogP contribution in [-0.4, -0.2) is 42.5 Å².